The number of aryl methyl sites for hydroxylation is 2. The predicted octanol–water partition coefficient (Wildman–Crippen LogP) is 4.92. The Labute approximate surface area is 195 Å². The molecule has 6 heteroatoms. The molecule has 0 fully saturated rings. The van der Waals surface area contributed by atoms with Crippen LogP contribution < -0.4 is 19.6 Å². The number of para-hydroxylation sites is 3. The Hall–Kier alpha value is -3.64. The topological polar surface area (TPSA) is 52.8 Å². The molecule has 0 aliphatic rings. The van der Waals surface area contributed by atoms with Gasteiger partial charge in [0.25, 0.3) is 5.56 Å². The normalized spacial score (nSPS) is 12.0. The quantitative estimate of drug-likeness (QED) is 0.326. The molecule has 3 aromatic carbocycles. The second-order valence-electron chi connectivity index (χ2n) is 7.97. The molecule has 0 saturated carbocycles. The van der Waals surface area contributed by atoms with Gasteiger partial charge in [-0.3, -0.25) is 4.79 Å². The molecule has 0 saturated heterocycles. The van der Waals surface area contributed by atoms with E-state index >= 15 is 0 Å². The van der Waals surface area contributed by atoms with Gasteiger partial charge in [-0.25, -0.2) is 9.38 Å². The Morgan fingerprint density at radius 3 is 2.42 bits per heavy atom. The number of fused-ring (bicyclic) bond motifs is 3. The molecule has 5 rings (SSSR count). The predicted molar refractivity (Wildman–Crippen MR) is 134 cm³/mol. The highest BCUT2D eigenvalue weighted by atomic mass is 32.1. The number of ether oxygens (including phenoxy) is 2. The van der Waals surface area contributed by atoms with Crippen LogP contribution in [0.4, 0.5) is 0 Å². The van der Waals surface area contributed by atoms with E-state index in [1.54, 1.807) is 4.40 Å². The molecule has 0 bridgehead atoms. The zero-order valence-corrected chi connectivity index (χ0v) is 19.4. The van der Waals surface area contributed by atoms with E-state index < -0.39 is 0 Å². The average molecular weight is 457 g/mol. The molecule has 0 aliphatic heterocycles. The van der Waals surface area contributed by atoms with E-state index in [2.05, 4.69) is 31.0 Å². The molecular weight excluding hydrogens is 432 g/mol. The molecule has 33 heavy (non-hydrogen) atoms. The monoisotopic (exact) mass is 456 g/mol. The van der Waals surface area contributed by atoms with Crippen molar-refractivity contribution < 1.29 is 9.47 Å². The number of imidazole rings is 1. The lowest BCUT2D eigenvalue weighted by Gasteiger charge is -2.12. The molecule has 0 spiro atoms. The van der Waals surface area contributed by atoms with Crippen molar-refractivity contribution >= 4 is 33.4 Å². The Balaban J connectivity index is 1.21. The SMILES string of the molecule is Cc1cccc(C)c1OCCCOc1ccc(/C=c2\sc3nc4ccccc4n3c2=O)cc1. The summed E-state index contributed by atoms with van der Waals surface area (Å²) in [7, 11) is 0. The molecular formula is C27H24N2O3S. The molecule has 166 valence electrons. The van der Waals surface area contributed by atoms with Crippen molar-refractivity contribution in [3.63, 3.8) is 0 Å². The lowest BCUT2D eigenvalue weighted by Crippen LogP contribution is -2.22. The van der Waals surface area contributed by atoms with Crippen molar-refractivity contribution in [2.45, 2.75) is 20.3 Å². The number of hydrogen-bond acceptors (Lipinski definition) is 5. The number of aromatic nitrogens is 2. The van der Waals surface area contributed by atoms with Crippen molar-refractivity contribution in [3.05, 3.63) is 98.3 Å². The lowest BCUT2D eigenvalue weighted by molar-refractivity contribution is 0.246. The first-order valence-corrected chi connectivity index (χ1v) is 11.8. The van der Waals surface area contributed by atoms with Crippen LogP contribution in [0.5, 0.6) is 11.5 Å². The summed E-state index contributed by atoms with van der Waals surface area (Å²) >= 11 is 1.41. The van der Waals surface area contributed by atoms with Crippen LogP contribution in [-0.2, 0) is 0 Å². The van der Waals surface area contributed by atoms with Crippen LogP contribution >= 0.6 is 11.3 Å². The Morgan fingerprint density at radius 2 is 1.64 bits per heavy atom. The molecule has 5 aromatic rings. The summed E-state index contributed by atoms with van der Waals surface area (Å²) in [6.07, 6.45) is 2.70. The van der Waals surface area contributed by atoms with Gasteiger partial charge in [0.15, 0.2) is 4.96 Å². The summed E-state index contributed by atoms with van der Waals surface area (Å²) in [5.41, 5.74) is 4.90. The van der Waals surface area contributed by atoms with Crippen molar-refractivity contribution in [2.24, 2.45) is 0 Å². The van der Waals surface area contributed by atoms with Crippen LogP contribution in [-0.4, -0.2) is 22.6 Å². The van der Waals surface area contributed by atoms with Crippen molar-refractivity contribution in [2.75, 3.05) is 13.2 Å². The largest absolute Gasteiger partial charge is 0.493 e. The first-order valence-electron chi connectivity index (χ1n) is 10.9. The van der Waals surface area contributed by atoms with Gasteiger partial charge in [-0.05, 0) is 60.9 Å². The van der Waals surface area contributed by atoms with E-state index in [1.807, 2.05) is 60.7 Å². The maximum absolute atomic E-state index is 12.9. The second kappa shape index (κ2) is 9.08. The van der Waals surface area contributed by atoms with E-state index in [9.17, 15) is 4.79 Å². The number of thiazole rings is 1. The van der Waals surface area contributed by atoms with Crippen molar-refractivity contribution in [1.29, 1.82) is 0 Å². The van der Waals surface area contributed by atoms with Gasteiger partial charge in [-0.15, -0.1) is 0 Å². The highest BCUT2D eigenvalue weighted by Gasteiger charge is 2.10. The second-order valence-corrected chi connectivity index (χ2v) is 8.98. The van der Waals surface area contributed by atoms with Gasteiger partial charge in [-0.2, -0.15) is 0 Å². The molecule has 0 aliphatic carbocycles. The van der Waals surface area contributed by atoms with Crippen molar-refractivity contribution in [3.8, 4) is 11.5 Å². The molecule has 2 heterocycles. The zero-order chi connectivity index (χ0) is 22.8. The van der Waals surface area contributed by atoms with Gasteiger partial charge >= 0.3 is 0 Å². The molecule has 2 aromatic heterocycles. The third-order valence-corrected chi connectivity index (χ3v) is 6.50. The van der Waals surface area contributed by atoms with Crippen LogP contribution in [0.25, 0.3) is 22.1 Å². The number of nitrogens with zero attached hydrogens (tertiary/aromatic N) is 2. The van der Waals surface area contributed by atoms with E-state index in [-0.39, 0.29) is 5.56 Å². The first kappa shape index (κ1) is 21.2. The van der Waals surface area contributed by atoms with Crippen LogP contribution in [0.3, 0.4) is 0 Å². The van der Waals surface area contributed by atoms with Crippen LogP contribution in [0.2, 0.25) is 0 Å². The smallest absolute Gasteiger partial charge is 0.274 e. The summed E-state index contributed by atoms with van der Waals surface area (Å²) in [4.78, 5) is 18.2. The zero-order valence-electron chi connectivity index (χ0n) is 18.6. The summed E-state index contributed by atoms with van der Waals surface area (Å²) in [5, 5.41) is 0. The minimum atomic E-state index is -0.0343. The number of rotatable bonds is 7. The fourth-order valence-electron chi connectivity index (χ4n) is 3.87. The number of benzene rings is 3. The van der Waals surface area contributed by atoms with Crippen molar-refractivity contribution in [1.82, 2.24) is 9.38 Å². The summed E-state index contributed by atoms with van der Waals surface area (Å²) in [6.45, 7) is 5.31. The van der Waals surface area contributed by atoms with Gasteiger partial charge in [0, 0.05) is 6.42 Å². The van der Waals surface area contributed by atoms with Gasteiger partial charge in [-0.1, -0.05) is 53.8 Å². The van der Waals surface area contributed by atoms with E-state index in [1.165, 1.54) is 11.3 Å². The number of hydrogen-bond donors (Lipinski definition) is 0. The van der Waals surface area contributed by atoms with E-state index in [0.717, 1.165) is 50.6 Å². The molecule has 5 nitrogen and oxygen atoms in total. The Kier molecular flexibility index (Phi) is 5.84. The summed E-state index contributed by atoms with van der Waals surface area (Å²) < 4.78 is 14.1. The Bertz CT molecular complexity index is 1510. The highest BCUT2D eigenvalue weighted by Crippen LogP contribution is 2.22. The fraction of sp³-hybridized carbons (Fsp3) is 0.185. The fourth-order valence-corrected chi connectivity index (χ4v) is 4.86. The third-order valence-electron chi connectivity index (χ3n) is 5.54. The lowest BCUT2D eigenvalue weighted by atomic mass is 10.1. The maximum Gasteiger partial charge on any atom is 0.274 e. The first-order chi connectivity index (χ1) is 16.1. The highest BCUT2D eigenvalue weighted by molar-refractivity contribution is 7.15. The third kappa shape index (κ3) is 4.34. The molecule has 0 N–H and O–H groups in total. The molecule has 0 radical (unpaired) electrons. The summed E-state index contributed by atoms with van der Waals surface area (Å²) in [5.74, 6) is 1.76. The van der Waals surface area contributed by atoms with Gasteiger partial charge < -0.3 is 9.47 Å². The minimum Gasteiger partial charge on any atom is -0.493 e. The minimum absolute atomic E-state index is 0.0343. The van der Waals surface area contributed by atoms with E-state index in [4.69, 9.17) is 9.47 Å². The van der Waals surface area contributed by atoms with E-state index in [0.29, 0.717) is 17.7 Å². The van der Waals surface area contributed by atoms with Gasteiger partial charge in [0.2, 0.25) is 0 Å². The Morgan fingerprint density at radius 1 is 0.909 bits per heavy atom. The van der Waals surface area contributed by atoms with Gasteiger partial charge in [0.1, 0.15) is 11.5 Å². The van der Waals surface area contributed by atoms with Gasteiger partial charge in [0.05, 0.1) is 28.8 Å². The van der Waals surface area contributed by atoms with Crippen LogP contribution in [0.15, 0.2) is 71.5 Å². The standard InChI is InChI=1S/C27H24N2O3S/c1-18-7-5-8-19(2)25(18)32-16-6-15-31-21-13-11-20(12-14-21)17-24-26(30)29-23-10-4-3-9-22(23)28-27(29)33-24/h3-5,7-14,17H,6,15-16H2,1-2H3/b24-17-. The van der Waals surface area contributed by atoms with Crippen LogP contribution in [0.1, 0.15) is 23.1 Å². The molecule has 0 amide bonds. The molecule has 0 unspecified atom stereocenters. The van der Waals surface area contributed by atoms with Crippen LogP contribution in [0, 0.1) is 13.8 Å². The summed E-state index contributed by atoms with van der Waals surface area (Å²) in [6, 6.07) is 21.6. The molecule has 0 atom stereocenters. The average Bonchev–Trinajstić information content (AvgIpc) is 3.32. The maximum atomic E-state index is 12.9.